The van der Waals surface area contributed by atoms with Crippen molar-refractivity contribution in [2.24, 2.45) is 5.92 Å². The monoisotopic (exact) mass is 464 g/mol. The Kier molecular flexibility index (Phi) is 11.5. The molecule has 0 N–H and O–H groups in total. The molecule has 0 aliphatic carbocycles. The molecule has 0 aromatic heterocycles. The lowest BCUT2D eigenvalue weighted by atomic mass is 9.94. The SMILES string of the molecule is CCCCCCCCC1CC(c2ccc(-c3ccc(OCCCCCCC)cc3)cc2)OC1=O. The van der Waals surface area contributed by atoms with Gasteiger partial charge in [0.1, 0.15) is 11.9 Å². The van der Waals surface area contributed by atoms with Crippen molar-refractivity contribution in [2.45, 2.75) is 103 Å². The minimum atomic E-state index is -0.0975. The molecular weight excluding hydrogens is 420 g/mol. The van der Waals surface area contributed by atoms with Gasteiger partial charge in [-0.3, -0.25) is 4.79 Å². The van der Waals surface area contributed by atoms with Crippen LogP contribution in [0.15, 0.2) is 48.5 Å². The van der Waals surface area contributed by atoms with Crippen LogP contribution in [0.5, 0.6) is 5.75 Å². The largest absolute Gasteiger partial charge is 0.494 e. The fourth-order valence-corrected chi connectivity index (χ4v) is 4.78. The smallest absolute Gasteiger partial charge is 0.309 e. The number of cyclic esters (lactones) is 1. The fraction of sp³-hybridized carbons (Fsp3) is 0.581. The molecule has 3 heteroatoms. The van der Waals surface area contributed by atoms with Crippen LogP contribution in [0.4, 0.5) is 0 Å². The molecular formula is C31H44O3. The van der Waals surface area contributed by atoms with Crippen LogP contribution in [-0.4, -0.2) is 12.6 Å². The van der Waals surface area contributed by atoms with E-state index >= 15 is 0 Å². The Morgan fingerprint density at radius 1 is 0.735 bits per heavy atom. The summed E-state index contributed by atoms with van der Waals surface area (Å²) in [6.07, 6.45) is 15.5. The van der Waals surface area contributed by atoms with Crippen molar-refractivity contribution in [3.63, 3.8) is 0 Å². The van der Waals surface area contributed by atoms with Gasteiger partial charge < -0.3 is 9.47 Å². The average Bonchev–Trinajstić information content (AvgIpc) is 3.24. The van der Waals surface area contributed by atoms with Gasteiger partial charge in [0.25, 0.3) is 0 Å². The minimum Gasteiger partial charge on any atom is -0.494 e. The number of unbranched alkanes of at least 4 members (excludes halogenated alkanes) is 9. The van der Waals surface area contributed by atoms with E-state index in [1.165, 1.54) is 68.9 Å². The first-order valence-electron chi connectivity index (χ1n) is 13.7. The fourth-order valence-electron chi connectivity index (χ4n) is 4.78. The Morgan fingerprint density at radius 2 is 1.29 bits per heavy atom. The third kappa shape index (κ3) is 8.49. The van der Waals surface area contributed by atoms with Crippen LogP contribution in [0.3, 0.4) is 0 Å². The van der Waals surface area contributed by atoms with Crippen LogP contribution in [0, 0.1) is 5.92 Å². The second-order valence-electron chi connectivity index (χ2n) is 9.82. The van der Waals surface area contributed by atoms with Crippen LogP contribution < -0.4 is 4.74 Å². The van der Waals surface area contributed by atoms with E-state index in [2.05, 4.69) is 62.4 Å². The highest BCUT2D eigenvalue weighted by Crippen LogP contribution is 2.37. The van der Waals surface area contributed by atoms with Crippen molar-refractivity contribution >= 4 is 5.97 Å². The summed E-state index contributed by atoms with van der Waals surface area (Å²) >= 11 is 0. The van der Waals surface area contributed by atoms with Gasteiger partial charge in [-0.2, -0.15) is 0 Å². The summed E-state index contributed by atoms with van der Waals surface area (Å²) in [5.41, 5.74) is 3.44. The molecule has 2 aromatic carbocycles. The maximum Gasteiger partial charge on any atom is 0.309 e. The predicted octanol–water partition coefficient (Wildman–Crippen LogP) is 9.06. The number of carbonyl (C=O) groups is 1. The zero-order chi connectivity index (χ0) is 24.0. The average molecular weight is 465 g/mol. The van der Waals surface area contributed by atoms with Gasteiger partial charge in [-0.05, 0) is 41.7 Å². The summed E-state index contributed by atoms with van der Waals surface area (Å²) in [5, 5.41) is 0. The summed E-state index contributed by atoms with van der Waals surface area (Å²) in [6.45, 7) is 5.27. The van der Waals surface area contributed by atoms with E-state index in [4.69, 9.17) is 9.47 Å². The van der Waals surface area contributed by atoms with Gasteiger partial charge in [-0.1, -0.05) is 114 Å². The highest BCUT2D eigenvalue weighted by atomic mass is 16.6. The summed E-state index contributed by atoms with van der Waals surface area (Å²) < 4.78 is 11.6. The third-order valence-corrected chi connectivity index (χ3v) is 6.98. The molecule has 0 spiro atoms. The minimum absolute atomic E-state index is 0.0106. The Morgan fingerprint density at radius 3 is 1.94 bits per heavy atom. The maximum atomic E-state index is 12.4. The lowest BCUT2D eigenvalue weighted by Crippen LogP contribution is -2.06. The lowest BCUT2D eigenvalue weighted by Gasteiger charge is -2.11. The van der Waals surface area contributed by atoms with Gasteiger partial charge in [0.15, 0.2) is 0 Å². The van der Waals surface area contributed by atoms with Gasteiger partial charge in [0, 0.05) is 6.42 Å². The van der Waals surface area contributed by atoms with Crippen molar-refractivity contribution in [3.05, 3.63) is 54.1 Å². The molecule has 1 saturated heterocycles. The Bertz CT molecular complexity index is 825. The summed E-state index contributed by atoms with van der Waals surface area (Å²) in [4.78, 5) is 12.4. The first-order chi connectivity index (χ1) is 16.7. The number of benzene rings is 2. The third-order valence-electron chi connectivity index (χ3n) is 6.98. The van der Waals surface area contributed by atoms with Crippen LogP contribution in [-0.2, 0) is 9.53 Å². The molecule has 2 atom stereocenters. The zero-order valence-corrected chi connectivity index (χ0v) is 21.4. The summed E-state index contributed by atoms with van der Waals surface area (Å²) in [5.74, 6) is 0.990. The van der Waals surface area contributed by atoms with E-state index in [0.717, 1.165) is 43.6 Å². The summed E-state index contributed by atoms with van der Waals surface area (Å²) in [7, 11) is 0. The molecule has 1 aliphatic rings. The number of ether oxygens (including phenoxy) is 2. The number of rotatable bonds is 16. The van der Waals surface area contributed by atoms with Crippen molar-refractivity contribution in [3.8, 4) is 16.9 Å². The molecule has 3 rings (SSSR count). The first-order valence-corrected chi connectivity index (χ1v) is 13.7. The molecule has 0 radical (unpaired) electrons. The quantitative estimate of drug-likeness (QED) is 0.184. The molecule has 0 bridgehead atoms. The standard InChI is InChI=1S/C31H44O3/c1-3-5-7-9-10-12-14-28-24-30(34-31(28)32)27-17-15-25(16-18-27)26-19-21-29(22-20-26)33-23-13-11-8-6-4-2/h15-22,28,30H,3-14,23-24H2,1-2H3. The Hall–Kier alpha value is -2.29. The predicted molar refractivity (Wildman–Crippen MR) is 141 cm³/mol. The molecule has 1 heterocycles. The Balaban J connectivity index is 1.43. The van der Waals surface area contributed by atoms with E-state index in [9.17, 15) is 4.79 Å². The molecule has 0 saturated carbocycles. The number of hydrogen-bond acceptors (Lipinski definition) is 3. The molecule has 1 fully saturated rings. The van der Waals surface area contributed by atoms with Crippen molar-refractivity contribution in [2.75, 3.05) is 6.61 Å². The van der Waals surface area contributed by atoms with E-state index in [-0.39, 0.29) is 18.0 Å². The zero-order valence-electron chi connectivity index (χ0n) is 21.4. The molecule has 34 heavy (non-hydrogen) atoms. The van der Waals surface area contributed by atoms with Gasteiger partial charge >= 0.3 is 5.97 Å². The van der Waals surface area contributed by atoms with Crippen LogP contribution in [0.1, 0.15) is 109 Å². The highest BCUT2D eigenvalue weighted by Gasteiger charge is 2.34. The summed E-state index contributed by atoms with van der Waals surface area (Å²) in [6, 6.07) is 16.8. The Labute approximate surface area is 207 Å². The van der Waals surface area contributed by atoms with E-state index in [1.807, 2.05) is 0 Å². The highest BCUT2D eigenvalue weighted by molar-refractivity contribution is 5.75. The second kappa shape index (κ2) is 14.9. The van der Waals surface area contributed by atoms with Crippen molar-refractivity contribution < 1.29 is 14.3 Å². The number of carbonyl (C=O) groups excluding carboxylic acids is 1. The molecule has 186 valence electrons. The van der Waals surface area contributed by atoms with Crippen LogP contribution in [0.25, 0.3) is 11.1 Å². The van der Waals surface area contributed by atoms with Crippen molar-refractivity contribution in [1.82, 2.24) is 0 Å². The maximum absolute atomic E-state index is 12.4. The molecule has 2 aromatic rings. The van der Waals surface area contributed by atoms with E-state index < -0.39 is 0 Å². The van der Waals surface area contributed by atoms with E-state index in [1.54, 1.807) is 0 Å². The second-order valence-corrected chi connectivity index (χ2v) is 9.82. The van der Waals surface area contributed by atoms with Gasteiger partial charge in [0.05, 0.1) is 12.5 Å². The molecule has 2 unspecified atom stereocenters. The van der Waals surface area contributed by atoms with Gasteiger partial charge in [-0.25, -0.2) is 0 Å². The lowest BCUT2D eigenvalue weighted by molar-refractivity contribution is -0.144. The molecule has 1 aliphatic heterocycles. The van der Waals surface area contributed by atoms with Gasteiger partial charge in [-0.15, -0.1) is 0 Å². The number of esters is 1. The normalized spacial score (nSPS) is 17.6. The van der Waals surface area contributed by atoms with Crippen LogP contribution in [0.2, 0.25) is 0 Å². The molecule has 0 amide bonds. The van der Waals surface area contributed by atoms with E-state index in [0.29, 0.717) is 0 Å². The first kappa shape index (κ1) is 26.3. The van der Waals surface area contributed by atoms with Gasteiger partial charge in [0.2, 0.25) is 0 Å². The topological polar surface area (TPSA) is 35.5 Å². The number of hydrogen-bond donors (Lipinski definition) is 0. The molecule has 3 nitrogen and oxygen atoms in total. The van der Waals surface area contributed by atoms with Crippen LogP contribution >= 0.6 is 0 Å². The van der Waals surface area contributed by atoms with Crippen molar-refractivity contribution in [1.29, 1.82) is 0 Å².